The van der Waals surface area contributed by atoms with Crippen molar-refractivity contribution in [3.63, 3.8) is 0 Å². The van der Waals surface area contributed by atoms with E-state index in [9.17, 15) is 30.1 Å². The lowest BCUT2D eigenvalue weighted by atomic mass is 10.1. The largest absolute Gasteiger partial charge is 0.502 e. The van der Waals surface area contributed by atoms with Crippen LogP contribution in [-0.4, -0.2) is 33.7 Å². The third-order valence-corrected chi connectivity index (χ3v) is 3.66. The van der Waals surface area contributed by atoms with E-state index in [0.717, 1.165) is 23.4 Å². The van der Waals surface area contributed by atoms with Crippen molar-refractivity contribution in [2.75, 3.05) is 6.61 Å². The second kappa shape index (κ2) is 8.58. The lowest BCUT2D eigenvalue weighted by Crippen LogP contribution is -2.25. The van der Waals surface area contributed by atoms with Crippen LogP contribution in [0.3, 0.4) is 0 Å². The molecule has 146 valence electrons. The number of hydrogen-bond acceptors (Lipinski definition) is 8. The molecule has 11 nitrogen and oxygen atoms in total. The summed E-state index contributed by atoms with van der Waals surface area (Å²) in [7, 11) is 0. The molecule has 2 aromatic rings. The van der Waals surface area contributed by atoms with Crippen LogP contribution in [0.5, 0.6) is 11.5 Å². The van der Waals surface area contributed by atoms with Crippen LogP contribution >= 0.6 is 0 Å². The molecule has 2 N–H and O–H groups in total. The first kappa shape index (κ1) is 20.3. The van der Waals surface area contributed by atoms with E-state index in [1.807, 2.05) is 32.0 Å². The molecular weight excluding hydrogens is 372 g/mol. The summed E-state index contributed by atoms with van der Waals surface area (Å²) in [6, 6.07) is 7.04. The summed E-state index contributed by atoms with van der Waals surface area (Å²) in [5.41, 5.74) is 2.08. The number of carbonyl (C=O) groups is 1. The number of phenolic OH excluding ortho intramolecular Hbond substituents is 1. The monoisotopic (exact) mass is 388 g/mol. The Bertz CT molecular complexity index is 952. The molecule has 0 fully saturated rings. The number of rotatable bonds is 7. The molecule has 0 saturated heterocycles. The molecular formula is C17H16N4O7. The number of para-hydroxylation sites is 1. The van der Waals surface area contributed by atoms with Gasteiger partial charge < -0.3 is 9.84 Å². The summed E-state index contributed by atoms with van der Waals surface area (Å²) in [5.74, 6) is -0.868. The van der Waals surface area contributed by atoms with Gasteiger partial charge in [0.1, 0.15) is 5.75 Å². The molecule has 2 rings (SSSR count). The zero-order valence-corrected chi connectivity index (χ0v) is 14.9. The number of nitrogens with zero attached hydrogens (tertiary/aromatic N) is 3. The first-order valence-electron chi connectivity index (χ1n) is 7.87. The third kappa shape index (κ3) is 4.78. The molecule has 2 aromatic carbocycles. The van der Waals surface area contributed by atoms with Gasteiger partial charge >= 0.3 is 5.69 Å². The fraction of sp³-hybridized carbons (Fsp3) is 0.176. The molecule has 0 aliphatic heterocycles. The van der Waals surface area contributed by atoms with Crippen molar-refractivity contribution >= 4 is 23.5 Å². The summed E-state index contributed by atoms with van der Waals surface area (Å²) in [6.07, 6.45) is 0.867. The van der Waals surface area contributed by atoms with Gasteiger partial charge in [0.15, 0.2) is 6.61 Å². The standard InChI is InChI=1S/C17H16N4O7/c1-10-4-3-5-11(2)17(10)28-9-15(22)19-18-8-12-6-13(20(24)25)7-14(16(12)23)21(26)27/h3-8,23H,9H2,1-2H3,(H,19,22)/b18-8+. The molecule has 0 aliphatic rings. The minimum absolute atomic E-state index is 0.295. The number of nitrogens with one attached hydrogen (secondary N) is 1. The summed E-state index contributed by atoms with van der Waals surface area (Å²) < 4.78 is 5.44. The zero-order valence-electron chi connectivity index (χ0n) is 14.9. The highest BCUT2D eigenvalue weighted by atomic mass is 16.6. The molecule has 11 heteroatoms. The fourth-order valence-corrected chi connectivity index (χ4v) is 2.34. The highest BCUT2D eigenvalue weighted by Crippen LogP contribution is 2.33. The van der Waals surface area contributed by atoms with Gasteiger partial charge in [0, 0.05) is 6.07 Å². The Morgan fingerprint density at radius 1 is 1.21 bits per heavy atom. The van der Waals surface area contributed by atoms with Crippen molar-refractivity contribution in [1.82, 2.24) is 5.43 Å². The van der Waals surface area contributed by atoms with Crippen LogP contribution in [0.2, 0.25) is 0 Å². The van der Waals surface area contributed by atoms with E-state index in [-0.39, 0.29) is 12.2 Å². The number of amides is 1. The number of non-ortho nitro benzene ring substituents is 1. The van der Waals surface area contributed by atoms with E-state index < -0.39 is 32.9 Å². The molecule has 0 spiro atoms. The van der Waals surface area contributed by atoms with Gasteiger partial charge in [-0.1, -0.05) is 18.2 Å². The smallest absolute Gasteiger partial charge is 0.318 e. The summed E-state index contributed by atoms with van der Waals surface area (Å²) in [4.78, 5) is 31.8. The Morgan fingerprint density at radius 3 is 2.43 bits per heavy atom. The van der Waals surface area contributed by atoms with E-state index in [2.05, 4.69) is 10.5 Å². The van der Waals surface area contributed by atoms with Crippen molar-refractivity contribution in [3.8, 4) is 11.5 Å². The number of ether oxygens (including phenoxy) is 1. The first-order valence-corrected chi connectivity index (χ1v) is 7.87. The van der Waals surface area contributed by atoms with Crippen molar-refractivity contribution < 1.29 is 24.5 Å². The number of aromatic hydroxyl groups is 1. The minimum atomic E-state index is -0.962. The maximum absolute atomic E-state index is 11.8. The molecule has 0 saturated carbocycles. The molecule has 0 unspecified atom stereocenters. The molecule has 1 amide bonds. The second-order valence-electron chi connectivity index (χ2n) is 5.72. The Labute approximate surface area is 158 Å². The molecule has 0 heterocycles. The molecule has 28 heavy (non-hydrogen) atoms. The van der Waals surface area contributed by atoms with Gasteiger partial charge in [-0.15, -0.1) is 0 Å². The molecule has 0 bridgehead atoms. The van der Waals surface area contributed by atoms with Crippen LogP contribution in [0.25, 0.3) is 0 Å². The Morgan fingerprint density at radius 2 is 1.86 bits per heavy atom. The predicted octanol–water partition coefficient (Wildman–Crippen LogP) is 2.35. The molecule has 0 aromatic heterocycles. The topological polar surface area (TPSA) is 157 Å². The number of nitro benzene ring substituents is 2. The van der Waals surface area contributed by atoms with Gasteiger partial charge in [-0.2, -0.15) is 5.10 Å². The second-order valence-corrected chi connectivity index (χ2v) is 5.72. The molecule has 0 atom stereocenters. The Balaban J connectivity index is 2.08. The zero-order chi connectivity index (χ0) is 20.8. The van der Waals surface area contributed by atoms with Crippen LogP contribution in [0, 0.1) is 34.1 Å². The van der Waals surface area contributed by atoms with Gasteiger partial charge in [-0.05, 0) is 25.0 Å². The number of benzene rings is 2. The van der Waals surface area contributed by atoms with Crippen molar-refractivity contribution in [2.45, 2.75) is 13.8 Å². The van der Waals surface area contributed by atoms with Gasteiger partial charge in [0.2, 0.25) is 5.75 Å². The normalized spacial score (nSPS) is 10.6. The average molecular weight is 388 g/mol. The number of hydrogen-bond donors (Lipinski definition) is 2. The summed E-state index contributed by atoms with van der Waals surface area (Å²) >= 11 is 0. The quantitative estimate of drug-likeness (QED) is 0.418. The van der Waals surface area contributed by atoms with Crippen LogP contribution in [0.15, 0.2) is 35.4 Å². The van der Waals surface area contributed by atoms with Crippen molar-refractivity contribution in [2.24, 2.45) is 5.10 Å². The van der Waals surface area contributed by atoms with Gasteiger partial charge in [0.25, 0.3) is 11.6 Å². The first-order chi connectivity index (χ1) is 13.2. The van der Waals surface area contributed by atoms with Gasteiger partial charge in [-0.25, -0.2) is 5.43 Å². The highest BCUT2D eigenvalue weighted by molar-refractivity contribution is 5.88. The molecule has 0 aliphatic carbocycles. The fourth-order valence-electron chi connectivity index (χ4n) is 2.34. The number of carbonyl (C=O) groups excluding carboxylic acids is 1. The van der Waals surface area contributed by atoms with E-state index in [4.69, 9.17) is 4.74 Å². The van der Waals surface area contributed by atoms with Crippen LogP contribution in [0.1, 0.15) is 16.7 Å². The molecule has 0 radical (unpaired) electrons. The highest BCUT2D eigenvalue weighted by Gasteiger charge is 2.23. The maximum atomic E-state index is 11.8. The van der Waals surface area contributed by atoms with Gasteiger partial charge in [-0.3, -0.25) is 25.0 Å². The number of hydrazone groups is 1. The predicted molar refractivity (Wildman–Crippen MR) is 98.6 cm³/mol. The van der Waals surface area contributed by atoms with Crippen LogP contribution < -0.4 is 10.2 Å². The average Bonchev–Trinajstić information content (AvgIpc) is 2.62. The van der Waals surface area contributed by atoms with E-state index >= 15 is 0 Å². The van der Waals surface area contributed by atoms with Gasteiger partial charge in [0.05, 0.1) is 27.7 Å². The number of nitro groups is 2. The Hall–Kier alpha value is -4.02. The van der Waals surface area contributed by atoms with Crippen LogP contribution in [-0.2, 0) is 4.79 Å². The van der Waals surface area contributed by atoms with E-state index in [1.165, 1.54) is 0 Å². The number of aryl methyl sites for hydroxylation is 2. The summed E-state index contributed by atoms with van der Waals surface area (Å²) in [5, 5.41) is 35.2. The summed E-state index contributed by atoms with van der Waals surface area (Å²) in [6.45, 7) is 3.32. The Kier molecular flexibility index (Phi) is 6.22. The number of phenols is 1. The third-order valence-electron chi connectivity index (χ3n) is 3.66. The lowest BCUT2D eigenvalue weighted by Gasteiger charge is -2.10. The maximum Gasteiger partial charge on any atom is 0.318 e. The SMILES string of the molecule is Cc1cccc(C)c1OCC(=O)N/N=C/c1cc([N+](=O)[O-])cc([N+](=O)[O-])c1O. The lowest BCUT2D eigenvalue weighted by molar-refractivity contribution is -0.394. The van der Waals surface area contributed by atoms with Crippen LogP contribution in [0.4, 0.5) is 11.4 Å². The van der Waals surface area contributed by atoms with Crippen molar-refractivity contribution in [3.05, 3.63) is 67.3 Å². The van der Waals surface area contributed by atoms with E-state index in [1.54, 1.807) is 0 Å². The minimum Gasteiger partial charge on any atom is -0.502 e. The van der Waals surface area contributed by atoms with E-state index in [0.29, 0.717) is 11.8 Å². The van der Waals surface area contributed by atoms with Crippen molar-refractivity contribution in [1.29, 1.82) is 0 Å².